The first-order valence-electron chi connectivity index (χ1n) is 8.94. The molecule has 0 aliphatic carbocycles. The Morgan fingerprint density at radius 2 is 1.68 bits per heavy atom. The monoisotopic (exact) mass is 379 g/mol. The van der Waals surface area contributed by atoms with E-state index in [2.05, 4.69) is 10.6 Å². The van der Waals surface area contributed by atoms with Gasteiger partial charge < -0.3 is 15.5 Å². The zero-order valence-corrected chi connectivity index (χ0v) is 15.8. The van der Waals surface area contributed by atoms with Crippen LogP contribution in [-0.2, 0) is 9.59 Å². The summed E-state index contributed by atoms with van der Waals surface area (Å²) in [5.41, 5.74) is 1.30. The van der Waals surface area contributed by atoms with Gasteiger partial charge in [-0.3, -0.25) is 9.59 Å². The van der Waals surface area contributed by atoms with Crippen LogP contribution < -0.4 is 10.6 Å². The van der Waals surface area contributed by atoms with Crippen LogP contribution in [-0.4, -0.2) is 37.4 Å². The lowest BCUT2D eigenvalue weighted by molar-refractivity contribution is -0.136. The van der Waals surface area contributed by atoms with Crippen molar-refractivity contribution in [3.63, 3.8) is 0 Å². The summed E-state index contributed by atoms with van der Waals surface area (Å²) >= 11 is 0. The fraction of sp³-hybridized carbons (Fsp3) is 0.182. The van der Waals surface area contributed by atoms with Gasteiger partial charge in [0, 0.05) is 12.2 Å². The molecule has 3 aromatic carbocycles. The predicted octanol–water partition coefficient (Wildman–Crippen LogP) is 3.34. The summed E-state index contributed by atoms with van der Waals surface area (Å²) in [5, 5.41) is 7.29. The van der Waals surface area contributed by atoms with Crippen LogP contribution in [0.5, 0.6) is 0 Å². The van der Waals surface area contributed by atoms with Gasteiger partial charge in [-0.15, -0.1) is 0 Å². The van der Waals surface area contributed by atoms with E-state index in [0.29, 0.717) is 0 Å². The van der Waals surface area contributed by atoms with Crippen molar-refractivity contribution in [3.05, 3.63) is 78.1 Å². The topological polar surface area (TPSA) is 61.4 Å². The second kappa shape index (κ2) is 8.63. The molecule has 0 saturated heterocycles. The summed E-state index contributed by atoms with van der Waals surface area (Å²) in [7, 11) is 3.84. The van der Waals surface area contributed by atoms with E-state index in [0.717, 1.165) is 22.4 Å². The van der Waals surface area contributed by atoms with Crippen molar-refractivity contribution < 1.29 is 14.0 Å². The number of fused-ring (bicyclic) bond motifs is 1. The normalized spacial score (nSPS) is 12.0. The maximum atomic E-state index is 13.2. The van der Waals surface area contributed by atoms with Gasteiger partial charge in [-0.05, 0) is 48.6 Å². The quantitative estimate of drug-likeness (QED) is 0.669. The van der Waals surface area contributed by atoms with Gasteiger partial charge >= 0.3 is 11.8 Å². The molecule has 0 bridgehead atoms. The molecule has 5 nitrogen and oxygen atoms in total. The molecule has 144 valence electrons. The Morgan fingerprint density at radius 1 is 0.964 bits per heavy atom. The van der Waals surface area contributed by atoms with Crippen molar-refractivity contribution in [2.24, 2.45) is 0 Å². The number of hydrogen-bond donors (Lipinski definition) is 2. The summed E-state index contributed by atoms with van der Waals surface area (Å²) in [4.78, 5) is 26.3. The van der Waals surface area contributed by atoms with Crippen LogP contribution in [0.4, 0.5) is 10.1 Å². The summed E-state index contributed by atoms with van der Waals surface area (Å²) in [6.45, 7) is 0.260. The van der Waals surface area contributed by atoms with Crippen LogP contribution >= 0.6 is 0 Å². The number of hydrogen-bond acceptors (Lipinski definition) is 3. The van der Waals surface area contributed by atoms with Crippen LogP contribution in [0.1, 0.15) is 11.6 Å². The van der Waals surface area contributed by atoms with Crippen molar-refractivity contribution in [3.8, 4) is 0 Å². The number of halogens is 1. The number of anilines is 1. The minimum absolute atomic E-state index is 0.114. The average Bonchev–Trinajstić information content (AvgIpc) is 2.68. The number of likely N-dealkylation sites (N-methyl/N-ethyl adjacent to an activating group) is 1. The second-order valence-corrected chi connectivity index (χ2v) is 6.72. The summed E-state index contributed by atoms with van der Waals surface area (Å²) in [6.07, 6.45) is 0. The van der Waals surface area contributed by atoms with Gasteiger partial charge in [0.25, 0.3) is 0 Å². The van der Waals surface area contributed by atoms with Crippen molar-refractivity contribution in [1.29, 1.82) is 0 Å². The van der Waals surface area contributed by atoms with E-state index in [4.69, 9.17) is 0 Å². The molecule has 0 aromatic heterocycles. The molecule has 28 heavy (non-hydrogen) atoms. The van der Waals surface area contributed by atoms with Gasteiger partial charge in [0.05, 0.1) is 6.04 Å². The Balaban J connectivity index is 1.71. The molecule has 0 radical (unpaired) electrons. The number of nitrogens with zero attached hydrogens (tertiary/aromatic N) is 1. The molecule has 0 aliphatic heterocycles. The van der Waals surface area contributed by atoms with Crippen LogP contribution in [0.3, 0.4) is 0 Å². The lowest BCUT2D eigenvalue weighted by Crippen LogP contribution is -2.40. The first kappa shape index (κ1) is 19.5. The fourth-order valence-corrected chi connectivity index (χ4v) is 3.14. The first-order valence-corrected chi connectivity index (χ1v) is 8.94. The lowest BCUT2D eigenvalue weighted by atomic mass is 9.98. The van der Waals surface area contributed by atoms with E-state index >= 15 is 0 Å². The summed E-state index contributed by atoms with van der Waals surface area (Å²) in [5.74, 6) is -2.08. The molecule has 2 N–H and O–H groups in total. The summed E-state index contributed by atoms with van der Waals surface area (Å²) in [6, 6.07) is 19.4. The Bertz CT molecular complexity index is 998. The van der Waals surface area contributed by atoms with Gasteiger partial charge in [-0.2, -0.15) is 0 Å². The lowest BCUT2D eigenvalue weighted by Gasteiger charge is -2.26. The molecule has 2 amide bonds. The highest BCUT2D eigenvalue weighted by Gasteiger charge is 2.20. The molecule has 0 fully saturated rings. The molecular weight excluding hydrogens is 357 g/mol. The van der Waals surface area contributed by atoms with Crippen LogP contribution in [0.2, 0.25) is 0 Å². The zero-order chi connectivity index (χ0) is 20.1. The molecule has 0 heterocycles. The molecule has 0 aliphatic rings. The molecule has 0 saturated carbocycles. The number of nitrogens with one attached hydrogen (secondary N) is 2. The SMILES string of the molecule is CN(C)[C@@H](CNC(=O)C(=O)Nc1cccc(F)c1)c1cccc2ccccc12. The largest absolute Gasteiger partial charge is 0.346 e. The van der Waals surface area contributed by atoms with Gasteiger partial charge in [0.1, 0.15) is 5.82 Å². The molecule has 1 atom stereocenters. The molecule has 3 rings (SSSR count). The van der Waals surface area contributed by atoms with E-state index in [1.807, 2.05) is 61.5 Å². The van der Waals surface area contributed by atoms with Crippen molar-refractivity contribution in [2.45, 2.75) is 6.04 Å². The van der Waals surface area contributed by atoms with Crippen molar-refractivity contribution in [2.75, 3.05) is 26.0 Å². The van der Waals surface area contributed by atoms with Crippen LogP contribution in [0, 0.1) is 5.82 Å². The smallest absolute Gasteiger partial charge is 0.313 e. The molecule has 6 heteroatoms. The number of benzene rings is 3. The fourth-order valence-electron chi connectivity index (χ4n) is 3.14. The maximum Gasteiger partial charge on any atom is 0.313 e. The van der Waals surface area contributed by atoms with Crippen LogP contribution in [0.15, 0.2) is 66.7 Å². The van der Waals surface area contributed by atoms with E-state index in [1.165, 1.54) is 18.2 Å². The van der Waals surface area contributed by atoms with E-state index in [9.17, 15) is 14.0 Å². The number of rotatable bonds is 5. The second-order valence-electron chi connectivity index (χ2n) is 6.72. The Kier molecular flexibility index (Phi) is 6.01. The Hall–Kier alpha value is -3.25. The predicted molar refractivity (Wildman–Crippen MR) is 108 cm³/mol. The van der Waals surface area contributed by atoms with Gasteiger partial charge in [-0.1, -0.05) is 48.5 Å². The van der Waals surface area contributed by atoms with E-state index in [1.54, 1.807) is 0 Å². The van der Waals surface area contributed by atoms with E-state index < -0.39 is 17.6 Å². The standard InChI is InChI=1S/C22H22FN3O2/c1-26(2)20(19-12-5-8-15-7-3-4-11-18(15)19)14-24-21(27)22(28)25-17-10-6-9-16(23)13-17/h3-13,20H,14H2,1-2H3,(H,24,27)(H,25,28)/t20-/m0/s1. The molecule has 0 spiro atoms. The highest BCUT2D eigenvalue weighted by molar-refractivity contribution is 6.39. The molecule has 0 unspecified atom stereocenters. The highest BCUT2D eigenvalue weighted by atomic mass is 19.1. The van der Waals surface area contributed by atoms with Crippen molar-refractivity contribution in [1.82, 2.24) is 10.2 Å². The van der Waals surface area contributed by atoms with Gasteiger partial charge in [0.2, 0.25) is 0 Å². The minimum Gasteiger partial charge on any atom is -0.346 e. The number of carbonyl (C=O) groups is 2. The Morgan fingerprint density at radius 3 is 2.43 bits per heavy atom. The summed E-state index contributed by atoms with van der Waals surface area (Å²) < 4.78 is 13.2. The third-order valence-electron chi connectivity index (χ3n) is 4.55. The molecular formula is C22H22FN3O2. The third kappa shape index (κ3) is 4.53. The van der Waals surface area contributed by atoms with Crippen molar-refractivity contribution >= 4 is 28.3 Å². The number of amides is 2. The van der Waals surface area contributed by atoms with E-state index in [-0.39, 0.29) is 18.3 Å². The van der Waals surface area contributed by atoms with Gasteiger partial charge in [0.15, 0.2) is 0 Å². The average molecular weight is 379 g/mol. The van der Waals surface area contributed by atoms with Crippen LogP contribution in [0.25, 0.3) is 10.8 Å². The number of carbonyl (C=O) groups excluding carboxylic acids is 2. The third-order valence-corrected chi connectivity index (χ3v) is 4.55. The maximum absolute atomic E-state index is 13.2. The van der Waals surface area contributed by atoms with Gasteiger partial charge in [-0.25, -0.2) is 4.39 Å². The first-order chi connectivity index (χ1) is 13.5. The molecule has 3 aromatic rings. The zero-order valence-electron chi connectivity index (χ0n) is 15.8. The minimum atomic E-state index is -0.832. The Labute approximate surface area is 163 Å². The highest BCUT2D eigenvalue weighted by Crippen LogP contribution is 2.26.